The van der Waals surface area contributed by atoms with E-state index >= 15 is 0 Å². The van der Waals surface area contributed by atoms with Crippen molar-refractivity contribution in [2.75, 3.05) is 92.5 Å². The number of benzene rings is 3. The molecule has 0 spiro atoms. The van der Waals surface area contributed by atoms with Gasteiger partial charge in [-0.1, -0.05) is 18.2 Å². The minimum absolute atomic E-state index is 0.0633. The molecule has 13 nitrogen and oxygen atoms in total. The smallest absolute Gasteiger partial charge is 0.411 e. The Balaban J connectivity index is 1.02. The second-order valence-corrected chi connectivity index (χ2v) is 10.7. The quantitative estimate of drug-likeness (QED) is 0.245. The number of ether oxygens (including phenoxy) is 2. The van der Waals surface area contributed by atoms with Gasteiger partial charge in [0.15, 0.2) is 0 Å². The average Bonchev–Trinajstić information content (AvgIpc) is 3.06. The number of nitrogens with zero attached hydrogens (tertiary/aromatic N) is 5. The van der Waals surface area contributed by atoms with Crippen LogP contribution in [0.3, 0.4) is 0 Å². The molecule has 0 aromatic heterocycles. The van der Waals surface area contributed by atoms with Gasteiger partial charge in [0.2, 0.25) is 0 Å². The van der Waals surface area contributed by atoms with E-state index in [-0.39, 0.29) is 18.3 Å². The van der Waals surface area contributed by atoms with Crippen LogP contribution in [0.2, 0.25) is 0 Å². The molecule has 0 aliphatic carbocycles. The van der Waals surface area contributed by atoms with Gasteiger partial charge in [-0.25, -0.2) is 9.59 Å². The molecule has 5 rings (SSSR count). The number of carbonyl (C=O) groups excluding carboxylic acids is 2. The van der Waals surface area contributed by atoms with Crippen molar-refractivity contribution in [2.45, 2.75) is 6.92 Å². The molecule has 0 saturated carbocycles. The summed E-state index contributed by atoms with van der Waals surface area (Å²) in [5.74, 6) is 0.608. The molecule has 0 unspecified atom stereocenters. The fraction of sp³-hybridized carbons (Fsp3) is 0.375. The van der Waals surface area contributed by atoms with Crippen molar-refractivity contribution in [3.63, 3.8) is 0 Å². The van der Waals surface area contributed by atoms with Crippen LogP contribution < -0.4 is 25.2 Å². The molecule has 0 bridgehead atoms. The normalized spacial score (nSPS) is 15.4. The van der Waals surface area contributed by atoms with Crippen LogP contribution in [0.4, 0.5) is 38.0 Å². The highest BCUT2D eigenvalue weighted by Gasteiger charge is 2.23. The minimum Gasteiger partial charge on any atom is -0.492 e. The second-order valence-electron chi connectivity index (χ2n) is 10.7. The Morgan fingerprint density at radius 1 is 0.822 bits per heavy atom. The molecule has 3 amide bonds. The number of hydrogen-bond acceptors (Lipinski definition) is 9. The van der Waals surface area contributed by atoms with Crippen LogP contribution in [0.5, 0.6) is 5.75 Å². The van der Waals surface area contributed by atoms with Gasteiger partial charge in [-0.3, -0.25) is 20.3 Å². The van der Waals surface area contributed by atoms with Crippen LogP contribution in [0.1, 0.15) is 6.92 Å². The van der Waals surface area contributed by atoms with Crippen LogP contribution in [0, 0.1) is 10.1 Å². The maximum atomic E-state index is 13.0. The maximum Gasteiger partial charge on any atom is 0.411 e. The van der Waals surface area contributed by atoms with E-state index in [9.17, 15) is 19.7 Å². The molecule has 238 valence electrons. The van der Waals surface area contributed by atoms with E-state index in [2.05, 4.69) is 25.3 Å². The predicted octanol–water partition coefficient (Wildman–Crippen LogP) is 4.72. The number of non-ortho nitro benzene ring substituents is 1. The van der Waals surface area contributed by atoms with Gasteiger partial charge in [0, 0.05) is 88.1 Å². The molecule has 2 saturated heterocycles. The molecule has 2 heterocycles. The van der Waals surface area contributed by atoms with Gasteiger partial charge in [-0.15, -0.1) is 0 Å². The number of piperazine rings is 2. The molecule has 0 radical (unpaired) electrons. The highest BCUT2D eigenvalue weighted by Crippen LogP contribution is 2.25. The van der Waals surface area contributed by atoms with E-state index in [1.54, 1.807) is 29.2 Å². The number of anilines is 4. The maximum absolute atomic E-state index is 13.0. The summed E-state index contributed by atoms with van der Waals surface area (Å²) in [5, 5.41) is 16.7. The standard InChI is InChI=1S/C32H39N7O6/c1-2-44-30-9-4-3-8-29(30)34-32(41)45-23-22-35-14-16-37(17-15-35)28-7-5-6-25(24-28)33-31(40)38-20-18-36(19-21-38)26-10-12-27(13-11-26)39(42)43/h3-13,24H,2,14-23H2,1H3,(H,33,40)(H,34,41). The molecule has 2 fully saturated rings. The lowest BCUT2D eigenvalue weighted by atomic mass is 10.2. The fourth-order valence-corrected chi connectivity index (χ4v) is 5.43. The van der Waals surface area contributed by atoms with Crippen LogP contribution in [-0.4, -0.2) is 99.0 Å². The molecule has 2 aliphatic heterocycles. The van der Waals surface area contributed by atoms with Gasteiger partial charge in [-0.2, -0.15) is 0 Å². The fourth-order valence-electron chi connectivity index (χ4n) is 5.43. The lowest BCUT2D eigenvalue weighted by Crippen LogP contribution is -2.50. The molecular formula is C32H39N7O6. The van der Waals surface area contributed by atoms with Crippen molar-refractivity contribution in [3.05, 3.63) is 82.9 Å². The second kappa shape index (κ2) is 15.1. The summed E-state index contributed by atoms with van der Waals surface area (Å²) in [7, 11) is 0. The van der Waals surface area contributed by atoms with Crippen molar-refractivity contribution in [2.24, 2.45) is 0 Å². The van der Waals surface area contributed by atoms with Crippen molar-refractivity contribution < 1.29 is 24.0 Å². The zero-order chi connectivity index (χ0) is 31.6. The Hall–Kier alpha value is -5.04. The van der Waals surface area contributed by atoms with Crippen LogP contribution in [-0.2, 0) is 4.74 Å². The van der Waals surface area contributed by atoms with Crippen molar-refractivity contribution in [1.82, 2.24) is 9.80 Å². The number of carbonyl (C=O) groups is 2. The van der Waals surface area contributed by atoms with Gasteiger partial charge >= 0.3 is 12.1 Å². The topological polar surface area (TPSA) is 133 Å². The zero-order valence-corrected chi connectivity index (χ0v) is 25.4. The third kappa shape index (κ3) is 8.54. The van der Waals surface area contributed by atoms with Crippen molar-refractivity contribution >= 4 is 40.6 Å². The third-order valence-electron chi connectivity index (χ3n) is 7.89. The van der Waals surface area contributed by atoms with Gasteiger partial charge in [0.05, 0.1) is 17.2 Å². The molecule has 2 aliphatic rings. The Labute approximate surface area is 262 Å². The van der Waals surface area contributed by atoms with E-state index in [1.165, 1.54) is 12.1 Å². The summed E-state index contributed by atoms with van der Waals surface area (Å²) < 4.78 is 10.9. The number of amides is 3. The van der Waals surface area contributed by atoms with E-state index < -0.39 is 11.0 Å². The van der Waals surface area contributed by atoms with Gasteiger partial charge in [0.1, 0.15) is 12.4 Å². The van der Waals surface area contributed by atoms with Crippen LogP contribution >= 0.6 is 0 Å². The van der Waals surface area contributed by atoms with Gasteiger partial charge < -0.3 is 29.5 Å². The largest absolute Gasteiger partial charge is 0.492 e. The van der Waals surface area contributed by atoms with Crippen LogP contribution in [0.25, 0.3) is 0 Å². The van der Waals surface area contributed by atoms with E-state index in [0.717, 1.165) is 43.2 Å². The lowest BCUT2D eigenvalue weighted by Gasteiger charge is -2.36. The number of nitro benzene ring substituents is 1. The number of nitrogens with one attached hydrogen (secondary N) is 2. The minimum atomic E-state index is -0.508. The summed E-state index contributed by atoms with van der Waals surface area (Å²) in [6.07, 6.45) is -0.508. The summed E-state index contributed by atoms with van der Waals surface area (Å²) in [5.41, 5.74) is 3.33. The highest BCUT2D eigenvalue weighted by atomic mass is 16.6. The van der Waals surface area contributed by atoms with Gasteiger partial charge in [-0.05, 0) is 49.4 Å². The Bertz CT molecular complexity index is 1450. The van der Waals surface area contributed by atoms with E-state index in [0.29, 0.717) is 50.8 Å². The lowest BCUT2D eigenvalue weighted by molar-refractivity contribution is -0.384. The molecule has 2 N–H and O–H groups in total. The number of para-hydroxylation sites is 2. The monoisotopic (exact) mass is 617 g/mol. The van der Waals surface area contributed by atoms with Crippen molar-refractivity contribution in [1.29, 1.82) is 0 Å². The molecule has 0 atom stereocenters. The first-order valence-corrected chi connectivity index (χ1v) is 15.2. The van der Waals surface area contributed by atoms with Crippen molar-refractivity contribution in [3.8, 4) is 5.75 Å². The first-order valence-electron chi connectivity index (χ1n) is 15.2. The SMILES string of the molecule is CCOc1ccccc1NC(=O)OCCN1CCN(c2cccc(NC(=O)N3CCN(c4ccc([N+](=O)[O-])cc4)CC3)c2)CC1. The highest BCUT2D eigenvalue weighted by molar-refractivity contribution is 5.90. The number of hydrogen-bond donors (Lipinski definition) is 2. The van der Waals surface area contributed by atoms with Crippen LogP contribution in [0.15, 0.2) is 72.8 Å². The number of rotatable bonds is 10. The van der Waals surface area contributed by atoms with E-state index in [1.807, 2.05) is 43.3 Å². The summed E-state index contributed by atoms with van der Waals surface area (Å²) in [4.78, 5) is 44.3. The molecule has 13 heteroatoms. The Kier molecular flexibility index (Phi) is 10.5. The number of urea groups is 1. The molecular weight excluding hydrogens is 578 g/mol. The third-order valence-corrected chi connectivity index (χ3v) is 7.89. The van der Waals surface area contributed by atoms with E-state index in [4.69, 9.17) is 9.47 Å². The summed E-state index contributed by atoms with van der Waals surface area (Å²) in [6, 6.07) is 21.5. The van der Waals surface area contributed by atoms with Gasteiger partial charge in [0.25, 0.3) is 5.69 Å². The molecule has 3 aromatic rings. The summed E-state index contributed by atoms with van der Waals surface area (Å²) in [6.45, 7) is 9.00. The first-order chi connectivity index (χ1) is 21.9. The summed E-state index contributed by atoms with van der Waals surface area (Å²) >= 11 is 0. The number of nitro groups is 1. The first kappa shape index (κ1) is 31.4. The Morgan fingerprint density at radius 3 is 2.22 bits per heavy atom. The average molecular weight is 618 g/mol. The predicted molar refractivity (Wildman–Crippen MR) is 174 cm³/mol. The molecule has 3 aromatic carbocycles. The Morgan fingerprint density at radius 2 is 1.51 bits per heavy atom. The molecule has 45 heavy (non-hydrogen) atoms. The zero-order valence-electron chi connectivity index (χ0n) is 25.4.